The van der Waals surface area contributed by atoms with E-state index in [4.69, 9.17) is 0 Å². The van der Waals surface area contributed by atoms with Gasteiger partial charge in [0.05, 0.1) is 11.0 Å². The Hall–Kier alpha value is -1.49. The highest BCUT2D eigenvalue weighted by molar-refractivity contribution is 7.91. The van der Waals surface area contributed by atoms with Gasteiger partial charge in [-0.2, -0.15) is 0 Å². The van der Waals surface area contributed by atoms with Gasteiger partial charge in [0.2, 0.25) is 0 Å². The molecule has 0 saturated carbocycles. The molecule has 0 amide bonds. The molecule has 0 spiro atoms. The van der Waals surface area contributed by atoms with Crippen LogP contribution in [0.4, 0.5) is 0 Å². The van der Waals surface area contributed by atoms with Gasteiger partial charge < -0.3 is 9.67 Å². The number of phenols is 1. The van der Waals surface area contributed by atoms with Gasteiger partial charge in [-0.15, -0.1) is 0 Å². The first-order valence-corrected chi connectivity index (χ1v) is 7.51. The molecule has 18 heavy (non-hydrogen) atoms. The van der Waals surface area contributed by atoms with E-state index in [1.807, 2.05) is 17.7 Å². The van der Waals surface area contributed by atoms with Crippen LogP contribution in [0.2, 0.25) is 0 Å². The van der Waals surface area contributed by atoms with Crippen molar-refractivity contribution >= 4 is 20.7 Å². The minimum atomic E-state index is -3.11. The number of sulfone groups is 1. The molecular formula is C13H17NO3S. The van der Waals surface area contributed by atoms with Crippen LogP contribution in [0.1, 0.15) is 19.5 Å². The Morgan fingerprint density at radius 2 is 1.94 bits per heavy atom. The summed E-state index contributed by atoms with van der Waals surface area (Å²) in [6.45, 7) is 3.37. The number of nitrogens with zero attached hydrogens (tertiary/aromatic N) is 1. The fraction of sp³-hybridized carbons (Fsp3) is 0.385. The van der Waals surface area contributed by atoms with Gasteiger partial charge in [-0.25, -0.2) is 8.42 Å². The standard InChI is InChI=1S/C13H17NO3S/c1-9(2)18(16,17)8-11-6-10-7-12(15)4-5-13(10)14(11)3/h4-7,9,15H,8H2,1-3H3. The Morgan fingerprint density at radius 3 is 2.56 bits per heavy atom. The van der Waals surface area contributed by atoms with Crippen molar-refractivity contribution in [2.75, 3.05) is 0 Å². The van der Waals surface area contributed by atoms with Crippen LogP contribution in [0.15, 0.2) is 24.3 Å². The molecule has 4 nitrogen and oxygen atoms in total. The van der Waals surface area contributed by atoms with Gasteiger partial charge in [-0.05, 0) is 38.1 Å². The molecule has 0 atom stereocenters. The van der Waals surface area contributed by atoms with E-state index in [0.29, 0.717) is 0 Å². The average Bonchev–Trinajstić information content (AvgIpc) is 2.54. The number of hydrogen-bond donors (Lipinski definition) is 1. The monoisotopic (exact) mass is 267 g/mol. The van der Waals surface area contributed by atoms with Crippen molar-refractivity contribution in [1.82, 2.24) is 4.57 Å². The molecule has 0 aliphatic heterocycles. The number of aromatic hydroxyl groups is 1. The third kappa shape index (κ3) is 2.22. The molecule has 0 aliphatic rings. The highest BCUT2D eigenvalue weighted by atomic mass is 32.2. The molecular weight excluding hydrogens is 250 g/mol. The molecule has 1 N–H and O–H groups in total. The average molecular weight is 267 g/mol. The molecule has 1 aromatic carbocycles. The highest BCUT2D eigenvalue weighted by Gasteiger charge is 2.19. The highest BCUT2D eigenvalue weighted by Crippen LogP contribution is 2.24. The van der Waals surface area contributed by atoms with Crippen molar-refractivity contribution < 1.29 is 13.5 Å². The molecule has 0 fully saturated rings. The maximum atomic E-state index is 11.9. The van der Waals surface area contributed by atoms with E-state index < -0.39 is 9.84 Å². The van der Waals surface area contributed by atoms with Crippen molar-refractivity contribution in [2.24, 2.45) is 7.05 Å². The van der Waals surface area contributed by atoms with Gasteiger partial charge in [0.25, 0.3) is 0 Å². The van der Waals surface area contributed by atoms with Crippen molar-refractivity contribution in [3.8, 4) is 5.75 Å². The largest absolute Gasteiger partial charge is 0.508 e. The number of phenolic OH excluding ortho intramolecular Hbond substituents is 1. The van der Waals surface area contributed by atoms with Crippen LogP contribution in [-0.2, 0) is 22.6 Å². The topological polar surface area (TPSA) is 59.3 Å². The van der Waals surface area contributed by atoms with Crippen molar-refractivity contribution in [3.63, 3.8) is 0 Å². The first-order chi connectivity index (χ1) is 8.31. The Kier molecular flexibility index (Phi) is 3.11. The van der Waals surface area contributed by atoms with Crippen LogP contribution in [0.25, 0.3) is 10.9 Å². The zero-order valence-electron chi connectivity index (χ0n) is 10.7. The van der Waals surface area contributed by atoms with Crippen LogP contribution in [0.3, 0.4) is 0 Å². The van der Waals surface area contributed by atoms with Gasteiger partial charge >= 0.3 is 0 Å². The Bertz CT molecular complexity index is 684. The second-order valence-electron chi connectivity index (χ2n) is 4.79. The summed E-state index contributed by atoms with van der Waals surface area (Å²) in [5.41, 5.74) is 1.66. The fourth-order valence-corrected chi connectivity index (χ4v) is 2.93. The second kappa shape index (κ2) is 4.31. The van der Waals surface area contributed by atoms with Gasteiger partial charge in [-0.1, -0.05) is 0 Å². The summed E-state index contributed by atoms with van der Waals surface area (Å²) in [5.74, 6) is 0.211. The van der Waals surface area contributed by atoms with Crippen LogP contribution in [0.5, 0.6) is 5.75 Å². The minimum Gasteiger partial charge on any atom is -0.508 e. The molecule has 0 unspecified atom stereocenters. The zero-order chi connectivity index (χ0) is 13.5. The molecule has 98 valence electrons. The number of hydrogen-bond acceptors (Lipinski definition) is 3. The SMILES string of the molecule is CC(C)S(=O)(=O)Cc1cc2cc(O)ccc2n1C. The molecule has 1 heterocycles. The van der Waals surface area contributed by atoms with Crippen molar-refractivity contribution in [3.05, 3.63) is 30.0 Å². The smallest absolute Gasteiger partial charge is 0.158 e. The molecule has 2 aromatic rings. The second-order valence-corrected chi connectivity index (χ2v) is 7.35. The molecule has 5 heteroatoms. The maximum absolute atomic E-state index is 11.9. The normalized spacial score (nSPS) is 12.4. The summed E-state index contributed by atoms with van der Waals surface area (Å²) in [7, 11) is -1.28. The maximum Gasteiger partial charge on any atom is 0.158 e. The number of benzene rings is 1. The van der Waals surface area contributed by atoms with Gasteiger partial charge in [0.15, 0.2) is 9.84 Å². The molecule has 2 rings (SSSR count). The van der Waals surface area contributed by atoms with E-state index in [1.165, 1.54) is 0 Å². The summed E-state index contributed by atoms with van der Waals surface area (Å²) in [6.07, 6.45) is 0. The summed E-state index contributed by atoms with van der Waals surface area (Å²) < 4.78 is 25.7. The number of rotatable bonds is 3. The van der Waals surface area contributed by atoms with Crippen molar-refractivity contribution in [1.29, 1.82) is 0 Å². The zero-order valence-corrected chi connectivity index (χ0v) is 11.5. The quantitative estimate of drug-likeness (QED) is 0.927. The molecule has 1 aromatic heterocycles. The Morgan fingerprint density at radius 1 is 1.28 bits per heavy atom. The predicted octanol–water partition coefficient (Wildman–Crippen LogP) is 2.21. The van der Waals surface area contributed by atoms with E-state index in [9.17, 15) is 13.5 Å². The summed E-state index contributed by atoms with van der Waals surface area (Å²) >= 11 is 0. The van der Waals surface area contributed by atoms with Crippen molar-refractivity contribution in [2.45, 2.75) is 24.9 Å². The first kappa shape index (κ1) is 13.0. The van der Waals surface area contributed by atoms with E-state index in [1.54, 1.807) is 32.0 Å². The first-order valence-electron chi connectivity index (χ1n) is 5.80. The lowest BCUT2D eigenvalue weighted by atomic mass is 10.2. The van der Waals surface area contributed by atoms with E-state index in [0.717, 1.165) is 16.6 Å². The van der Waals surface area contributed by atoms with Crippen LogP contribution >= 0.6 is 0 Å². The number of aromatic nitrogens is 1. The molecule has 0 bridgehead atoms. The third-order valence-electron chi connectivity index (χ3n) is 3.19. The predicted molar refractivity (Wildman–Crippen MR) is 72.3 cm³/mol. The van der Waals surface area contributed by atoms with Gasteiger partial charge in [-0.3, -0.25) is 0 Å². The van der Waals surface area contributed by atoms with Gasteiger partial charge in [0, 0.05) is 23.6 Å². The van der Waals surface area contributed by atoms with E-state index in [2.05, 4.69) is 0 Å². The number of aryl methyl sites for hydroxylation is 1. The lowest BCUT2D eigenvalue weighted by molar-refractivity contribution is 0.476. The Balaban J connectivity index is 2.50. The van der Waals surface area contributed by atoms with Crippen LogP contribution in [-0.4, -0.2) is 23.3 Å². The van der Waals surface area contributed by atoms with Crippen LogP contribution in [0, 0.1) is 0 Å². The third-order valence-corrected chi connectivity index (χ3v) is 5.33. The lowest BCUT2D eigenvalue weighted by Gasteiger charge is -2.08. The van der Waals surface area contributed by atoms with Crippen LogP contribution < -0.4 is 0 Å². The lowest BCUT2D eigenvalue weighted by Crippen LogP contribution is -2.17. The summed E-state index contributed by atoms with van der Waals surface area (Å²) in [6, 6.07) is 6.84. The molecule has 0 aliphatic carbocycles. The minimum absolute atomic E-state index is 0.0244. The summed E-state index contributed by atoms with van der Waals surface area (Å²) in [4.78, 5) is 0. The number of fused-ring (bicyclic) bond motifs is 1. The molecule has 0 radical (unpaired) electrons. The van der Waals surface area contributed by atoms with E-state index >= 15 is 0 Å². The Labute approximate surface area is 107 Å². The summed E-state index contributed by atoms with van der Waals surface area (Å²) in [5, 5.41) is 9.89. The fourth-order valence-electron chi connectivity index (χ4n) is 1.91. The molecule has 0 saturated heterocycles. The van der Waals surface area contributed by atoms with E-state index in [-0.39, 0.29) is 16.8 Å². The van der Waals surface area contributed by atoms with Gasteiger partial charge in [0.1, 0.15) is 5.75 Å².